The summed E-state index contributed by atoms with van der Waals surface area (Å²) < 4.78 is 7.40. The summed E-state index contributed by atoms with van der Waals surface area (Å²) in [7, 11) is 4.25. The summed E-state index contributed by atoms with van der Waals surface area (Å²) in [5.74, 6) is 1.43. The van der Waals surface area contributed by atoms with Crippen LogP contribution >= 0.6 is 15.9 Å². The van der Waals surface area contributed by atoms with Crippen LogP contribution in [0.3, 0.4) is 0 Å². The molecule has 3 heteroatoms. The summed E-state index contributed by atoms with van der Waals surface area (Å²) >= 11 is 3.47. The van der Waals surface area contributed by atoms with E-state index < -0.39 is 0 Å². The van der Waals surface area contributed by atoms with Crippen molar-refractivity contribution in [2.45, 2.75) is 12.5 Å². The lowest BCUT2D eigenvalue weighted by Gasteiger charge is -2.24. The molecule has 0 N–H and O–H groups in total. The van der Waals surface area contributed by atoms with Crippen LogP contribution in [0.1, 0.15) is 17.2 Å². The van der Waals surface area contributed by atoms with Crippen LogP contribution < -0.4 is 4.74 Å². The van der Waals surface area contributed by atoms with Crippen molar-refractivity contribution in [3.63, 3.8) is 0 Å². The first-order valence-electron chi connectivity index (χ1n) is 7.28. The van der Waals surface area contributed by atoms with Gasteiger partial charge in [-0.2, -0.15) is 0 Å². The highest BCUT2D eigenvalue weighted by Gasteiger charge is 2.34. The first kappa shape index (κ1) is 14.6. The fraction of sp³-hybridized carbons (Fsp3) is 0.333. The van der Waals surface area contributed by atoms with E-state index in [1.54, 1.807) is 0 Å². The molecular formula is C18H20BrNO. The number of nitrogens with zero attached hydrogens (tertiary/aromatic N) is 1. The van der Waals surface area contributed by atoms with Crippen LogP contribution in [0.4, 0.5) is 0 Å². The van der Waals surface area contributed by atoms with E-state index >= 15 is 0 Å². The van der Waals surface area contributed by atoms with E-state index in [4.69, 9.17) is 4.74 Å². The van der Waals surface area contributed by atoms with Gasteiger partial charge >= 0.3 is 0 Å². The van der Waals surface area contributed by atoms with E-state index in [-0.39, 0.29) is 6.10 Å². The number of hydrogen-bond acceptors (Lipinski definition) is 2. The molecule has 0 heterocycles. The van der Waals surface area contributed by atoms with Gasteiger partial charge in [0.25, 0.3) is 0 Å². The van der Waals surface area contributed by atoms with Gasteiger partial charge in [0.15, 0.2) is 0 Å². The predicted molar refractivity (Wildman–Crippen MR) is 89.7 cm³/mol. The molecule has 0 saturated carbocycles. The van der Waals surface area contributed by atoms with Gasteiger partial charge in [0.2, 0.25) is 0 Å². The molecular weight excluding hydrogens is 326 g/mol. The normalized spacial score (nSPS) is 20.6. The zero-order valence-electron chi connectivity index (χ0n) is 12.4. The number of fused-ring (bicyclic) bond motifs is 1. The molecule has 0 fully saturated rings. The Morgan fingerprint density at radius 3 is 2.52 bits per heavy atom. The van der Waals surface area contributed by atoms with Gasteiger partial charge in [-0.15, -0.1) is 0 Å². The molecule has 110 valence electrons. The van der Waals surface area contributed by atoms with E-state index in [0.29, 0.717) is 5.92 Å². The minimum Gasteiger partial charge on any atom is -0.485 e. The second-order valence-corrected chi connectivity index (χ2v) is 6.83. The minimum atomic E-state index is 0.143. The Morgan fingerprint density at radius 2 is 1.81 bits per heavy atom. The number of benzene rings is 2. The van der Waals surface area contributed by atoms with Crippen molar-refractivity contribution in [1.82, 2.24) is 4.90 Å². The van der Waals surface area contributed by atoms with Crippen molar-refractivity contribution in [1.29, 1.82) is 0 Å². The smallest absolute Gasteiger partial charge is 0.128 e. The minimum absolute atomic E-state index is 0.143. The quantitative estimate of drug-likeness (QED) is 0.818. The summed E-state index contributed by atoms with van der Waals surface area (Å²) in [5.41, 5.74) is 2.76. The Bertz CT molecular complexity index is 609. The molecule has 0 aliphatic heterocycles. The first-order chi connectivity index (χ1) is 10.1. The molecule has 2 aromatic rings. The van der Waals surface area contributed by atoms with E-state index in [9.17, 15) is 0 Å². The molecule has 2 aromatic carbocycles. The third kappa shape index (κ3) is 3.30. The average Bonchev–Trinajstić information content (AvgIpc) is 2.78. The maximum atomic E-state index is 6.32. The third-order valence-electron chi connectivity index (χ3n) is 3.95. The zero-order chi connectivity index (χ0) is 14.8. The molecule has 1 aliphatic carbocycles. The van der Waals surface area contributed by atoms with Gasteiger partial charge in [0.05, 0.1) is 0 Å². The number of halogens is 1. The van der Waals surface area contributed by atoms with Crippen molar-refractivity contribution in [2.24, 2.45) is 5.92 Å². The van der Waals surface area contributed by atoms with E-state index in [1.807, 2.05) is 24.3 Å². The molecule has 0 radical (unpaired) electrons. The summed E-state index contributed by atoms with van der Waals surface area (Å²) in [6.07, 6.45) is 1.24. The molecule has 0 bridgehead atoms. The Labute approximate surface area is 134 Å². The van der Waals surface area contributed by atoms with Crippen LogP contribution in [0.2, 0.25) is 0 Å². The van der Waals surface area contributed by atoms with Gasteiger partial charge in [0, 0.05) is 16.9 Å². The van der Waals surface area contributed by atoms with Crippen LogP contribution in [0.5, 0.6) is 5.75 Å². The van der Waals surface area contributed by atoms with Gasteiger partial charge < -0.3 is 9.64 Å². The van der Waals surface area contributed by atoms with Crippen molar-refractivity contribution >= 4 is 15.9 Å². The maximum absolute atomic E-state index is 6.32. The van der Waals surface area contributed by atoms with Crippen LogP contribution in [-0.2, 0) is 6.42 Å². The second-order valence-electron chi connectivity index (χ2n) is 5.92. The highest BCUT2D eigenvalue weighted by atomic mass is 79.9. The standard InChI is InChI=1S/C18H20BrNO/c1-20(2)12-14-11-13-5-3-4-6-17(13)18(14)21-16-9-7-15(19)8-10-16/h3-10,14,18H,11-12H2,1-2H3. The number of ether oxygens (including phenoxy) is 1. The van der Waals surface area contributed by atoms with E-state index in [1.165, 1.54) is 11.1 Å². The largest absolute Gasteiger partial charge is 0.485 e. The Kier molecular flexibility index (Phi) is 4.32. The predicted octanol–water partition coefficient (Wildman–Crippen LogP) is 4.30. The summed E-state index contributed by atoms with van der Waals surface area (Å²) in [6, 6.07) is 16.8. The van der Waals surface area contributed by atoms with Gasteiger partial charge in [-0.25, -0.2) is 0 Å². The summed E-state index contributed by atoms with van der Waals surface area (Å²) in [4.78, 5) is 2.24. The Morgan fingerprint density at radius 1 is 1.10 bits per heavy atom. The van der Waals surface area contributed by atoms with Gasteiger partial charge in [0.1, 0.15) is 11.9 Å². The highest BCUT2D eigenvalue weighted by molar-refractivity contribution is 9.10. The van der Waals surface area contributed by atoms with Crippen molar-refractivity contribution in [3.8, 4) is 5.75 Å². The van der Waals surface area contributed by atoms with Crippen LogP contribution in [0.15, 0.2) is 53.0 Å². The average molecular weight is 346 g/mol. The molecule has 1 aliphatic rings. The fourth-order valence-electron chi connectivity index (χ4n) is 3.09. The maximum Gasteiger partial charge on any atom is 0.128 e. The molecule has 2 unspecified atom stereocenters. The van der Waals surface area contributed by atoms with Gasteiger partial charge in [-0.1, -0.05) is 40.2 Å². The lowest BCUT2D eigenvalue weighted by atomic mass is 10.0. The van der Waals surface area contributed by atoms with Crippen LogP contribution in [0.25, 0.3) is 0 Å². The molecule has 21 heavy (non-hydrogen) atoms. The summed E-state index contributed by atoms with van der Waals surface area (Å²) in [6.45, 7) is 1.04. The lowest BCUT2D eigenvalue weighted by Crippen LogP contribution is -2.27. The lowest BCUT2D eigenvalue weighted by molar-refractivity contribution is 0.128. The van der Waals surface area contributed by atoms with E-state index in [0.717, 1.165) is 23.2 Å². The van der Waals surface area contributed by atoms with Gasteiger partial charge in [-0.05, 0) is 55.9 Å². The van der Waals surface area contributed by atoms with Crippen molar-refractivity contribution < 1.29 is 4.74 Å². The highest BCUT2D eigenvalue weighted by Crippen LogP contribution is 2.39. The van der Waals surface area contributed by atoms with Crippen molar-refractivity contribution in [3.05, 3.63) is 64.1 Å². The zero-order valence-corrected chi connectivity index (χ0v) is 14.0. The number of hydrogen-bond donors (Lipinski definition) is 0. The van der Waals surface area contributed by atoms with E-state index in [2.05, 4.69) is 59.2 Å². The monoisotopic (exact) mass is 345 g/mol. The SMILES string of the molecule is CN(C)CC1Cc2ccccc2C1Oc1ccc(Br)cc1. The molecule has 3 rings (SSSR count). The van der Waals surface area contributed by atoms with Crippen LogP contribution in [-0.4, -0.2) is 25.5 Å². The second kappa shape index (κ2) is 6.20. The van der Waals surface area contributed by atoms with Gasteiger partial charge in [-0.3, -0.25) is 0 Å². The van der Waals surface area contributed by atoms with Crippen LogP contribution in [0, 0.1) is 5.92 Å². The molecule has 0 aromatic heterocycles. The fourth-order valence-corrected chi connectivity index (χ4v) is 3.35. The third-order valence-corrected chi connectivity index (χ3v) is 4.48. The molecule has 0 saturated heterocycles. The van der Waals surface area contributed by atoms with Crippen molar-refractivity contribution in [2.75, 3.05) is 20.6 Å². The molecule has 2 nitrogen and oxygen atoms in total. The molecule has 0 spiro atoms. The summed E-state index contributed by atoms with van der Waals surface area (Å²) in [5, 5.41) is 0. The topological polar surface area (TPSA) is 12.5 Å². The Hall–Kier alpha value is -1.32. The molecule has 2 atom stereocenters. The molecule has 0 amide bonds. The Balaban J connectivity index is 1.86. The first-order valence-corrected chi connectivity index (χ1v) is 8.07. The number of rotatable bonds is 4.